The summed E-state index contributed by atoms with van der Waals surface area (Å²) in [5, 5.41) is 0.883. The molecule has 170 valence electrons. The quantitative estimate of drug-likeness (QED) is 0.535. The van der Waals surface area contributed by atoms with E-state index in [0.717, 1.165) is 34.5 Å². The van der Waals surface area contributed by atoms with E-state index in [0.29, 0.717) is 13.0 Å². The van der Waals surface area contributed by atoms with E-state index in [-0.39, 0.29) is 17.3 Å². The van der Waals surface area contributed by atoms with E-state index in [1.807, 2.05) is 12.1 Å². The Hall–Kier alpha value is -2.16. The molecule has 4 rings (SSSR count). The molecule has 5 nitrogen and oxygen atoms in total. The summed E-state index contributed by atoms with van der Waals surface area (Å²) >= 11 is 1.39. The van der Waals surface area contributed by atoms with Crippen LogP contribution in [0.25, 0.3) is 0 Å². The molecule has 2 aromatic carbocycles. The number of aromatic nitrogens is 2. The number of nitrogens with zero attached hydrogens (tertiary/aromatic N) is 4. The first-order chi connectivity index (χ1) is 15.2. The molecule has 2 heterocycles. The highest BCUT2D eigenvalue weighted by Crippen LogP contribution is 2.27. The molecular weight excluding hydrogens is 443 g/mol. The zero-order chi connectivity index (χ0) is 22.9. The lowest BCUT2D eigenvalue weighted by atomic mass is 9.87. The van der Waals surface area contributed by atoms with Crippen molar-refractivity contribution < 1.29 is 8.60 Å². The second kappa shape index (κ2) is 9.37. The predicted octanol–water partition coefficient (Wildman–Crippen LogP) is 4.80. The fraction of sp³-hybridized carbons (Fsp3) is 0.417. The van der Waals surface area contributed by atoms with Gasteiger partial charge in [0, 0.05) is 43.6 Å². The van der Waals surface area contributed by atoms with Crippen LogP contribution >= 0.6 is 11.5 Å². The Balaban J connectivity index is 1.38. The first-order valence-corrected chi connectivity index (χ1v) is 12.7. The largest absolute Gasteiger partial charge is 0.344 e. The average molecular weight is 473 g/mol. The van der Waals surface area contributed by atoms with E-state index in [9.17, 15) is 8.60 Å². The predicted molar refractivity (Wildman–Crippen MR) is 129 cm³/mol. The summed E-state index contributed by atoms with van der Waals surface area (Å²) in [4.78, 5) is 7.75. The van der Waals surface area contributed by atoms with Gasteiger partial charge in [-0.2, -0.15) is 4.37 Å². The van der Waals surface area contributed by atoms with Crippen molar-refractivity contribution in [3.05, 3.63) is 71.3 Å². The summed E-state index contributed by atoms with van der Waals surface area (Å²) in [6.07, 6.45) is 0.584. The number of piperazine rings is 1. The Bertz CT molecular complexity index is 1080. The van der Waals surface area contributed by atoms with Crippen LogP contribution in [0.1, 0.15) is 44.6 Å². The standard InChI is InChI=1S/C24H29FN4OS2/c1-17-16-28(23-26-22(27-31-23)15-18-5-9-20(25)10-6-18)13-14-29(17)32(30)21-11-7-19(8-12-21)24(2,3)4/h5-12,17H,13-16H2,1-4H3. The van der Waals surface area contributed by atoms with E-state index in [2.05, 4.69) is 53.4 Å². The van der Waals surface area contributed by atoms with Crippen molar-refractivity contribution >= 4 is 27.6 Å². The van der Waals surface area contributed by atoms with Gasteiger partial charge in [0.15, 0.2) is 0 Å². The number of anilines is 1. The van der Waals surface area contributed by atoms with Gasteiger partial charge in [0.2, 0.25) is 5.13 Å². The smallest absolute Gasteiger partial charge is 0.205 e. The van der Waals surface area contributed by atoms with E-state index in [1.54, 1.807) is 12.1 Å². The van der Waals surface area contributed by atoms with Crippen LogP contribution in [0.4, 0.5) is 9.52 Å². The van der Waals surface area contributed by atoms with Crippen LogP contribution in [0.2, 0.25) is 0 Å². The molecule has 8 heteroatoms. The minimum Gasteiger partial charge on any atom is -0.344 e. The lowest BCUT2D eigenvalue weighted by molar-refractivity contribution is 0.323. The molecule has 2 atom stereocenters. The molecule has 1 aromatic heterocycles. The van der Waals surface area contributed by atoms with Crippen LogP contribution in [0.15, 0.2) is 53.4 Å². The summed E-state index contributed by atoms with van der Waals surface area (Å²) in [6.45, 7) is 10.8. The van der Waals surface area contributed by atoms with Crippen LogP contribution in [-0.2, 0) is 22.8 Å². The summed E-state index contributed by atoms with van der Waals surface area (Å²) in [7, 11) is -1.19. The zero-order valence-electron chi connectivity index (χ0n) is 18.9. The lowest BCUT2D eigenvalue weighted by Gasteiger charge is -2.38. The van der Waals surface area contributed by atoms with Gasteiger partial charge in [-0.05, 0) is 47.7 Å². The molecule has 0 bridgehead atoms. The molecule has 0 N–H and O–H groups in total. The molecule has 2 unspecified atom stereocenters. The topological polar surface area (TPSA) is 49.3 Å². The highest BCUT2D eigenvalue weighted by molar-refractivity contribution is 7.82. The maximum Gasteiger partial charge on any atom is 0.205 e. The van der Waals surface area contributed by atoms with E-state index in [4.69, 9.17) is 4.98 Å². The van der Waals surface area contributed by atoms with Crippen LogP contribution in [0.3, 0.4) is 0 Å². The first kappa shape index (κ1) is 23.0. The molecule has 0 saturated carbocycles. The molecule has 0 radical (unpaired) electrons. The third kappa shape index (κ3) is 5.24. The average Bonchev–Trinajstić information content (AvgIpc) is 3.23. The number of rotatable bonds is 5. The van der Waals surface area contributed by atoms with Crippen molar-refractivity contribution in [3.8, 4) is 0 Å². The zero-order valence-corrected chi connectivity index (χ0v) is 20.5. The second-order valence-corrected chi connectivity index (χ2v) is 11.4. The maximum atomic E-state index is 13.2. The van der Waals surface area contributed by atoms with Gasteiger partial charge in [-0.25, -0.2) is 17.9 Å². The molecule has 1 saturated heterocycles. The third-order valence-electron chi connectivity index (χ3n) is 5.70. The van der Waals surface area contributed by atoms with E-state index >= 15 is 0 Å². The Labute approximate surface area is 196 Å². The lowest BCUT2D eigenvalue weighted by Crippen LogP contribution is -2.52. The highest BCUT2D eigenvalue weighted by Gasteiger charge is 2.30. The third-order valence-corrected chi connectivity index (χ3v) is 8.16. The van der Waals surface area contributed by atoms with Crippen molar-refractivity contribution in [3.63, 3.8) is 0 Å². The van der Waals surface area contributed by atoms with Crippen LogP contribution in [-0.4, -0.2) is 43.5 Å². The molecule has 1 aliphatic rings. The van der Waals surface area contributed by atoms with E-state index < -0.39 is 11.0 Å². The van der Waals surface area contributed by atoms with Gasteiger partial charge in [0.05, 0.1) is 4.90 Å². The molecule has 1 fully saturated rings. The molecule has 3 aromatic rings. The van der Waals surface area contributed by atoms with Gasteiger partial charge in [-0.3, -0.25) is 0 Å². The number of hydrogen-bond acceptors (Lipinski definition) is 5. The number of halogens is 1. The number of benzene rings is 2. The van der Waals surface area contributed by atoms with Gasteiger partial charge >= 0.3 is 0 Å². The first-order valence-electron chi connectivity index (χ1n) is 10.8. The van der Waals surface area contributed by atoms with E-state index in [1.165, 1.54) is 29.2 Å². The SMILES string of the molecule is CC1CN(c2nc(Cc3ccc(F)cc3)ns2)CCN1S(=O)c1ccc(C(C)(C)C)cc1. The number of hydrogen-bond donors (Lipinski definition) is 0. The minimum absolute atomic E-state index is 0.0796. The van der Waals surface area contributed by atoms with Crippen molar-refractivity contribution in [2.75, 3.05) is 24.5 Å². The van der Waals surface area contributed by atoms with Gasteiger partial charge in [0.25, 0.3) is 0 Å². The minimum atomic E-state index is -1.19. The van der Waals surface area contributed by atoms with Gasteiger partial charge in [0.1, 0.15) is 22.6 Å². The fourth-order valence-electron chi connectivity index (χ4n) is 3.80. The van der Waals surface area contributed by atoms with Crippen molar-refractivity contribution in [1.29, 1.82) is 0 Å². The normalized spacial score (nSPS) is 18.7. The Kier molecular flexibility index (Phi) is 6.74. The summed E-state index contributed by atoms with van der Waals surface area (Å²) < 4.78 is 32.9. The molecule has 32 heavy (non-hydrogen) atoms. The Morgan fingerprint density at radius 1 is 1.09 bits per heavy atom. The summed E-state index contributed by atoms with van der Waals surface area (Å²) in [5.74, 6) is 0.504. The molecular formula is C24H29FN4OS2. The summed E-state index contributed by atoms with van der Waals surface area (Å²) in [5.41, 5.74) is 2.31. The monoisotopic (exact) mass is 472 g/mol. The second-order valence-electron chi connectivity index (χ2n) is 9.26. The molecule has 0 amide bonds. The van der Waals surface area contributed by atoms with Gasteiger partial charge in [-0.1, -0.05) is 45.0 Å². The Morgan fingerprint density at radius 2 is 1.78 bits per heavy atom. The molecule has 1 aliphatic heterocycles. The summed E-state index contributed by atoms with van der Waals surface area (Å²) in [6, 6.07) is 14.7. The van der Waals surface area contributed by atoms with Gasteiger partial charge in [-0.15, -0.1) is 0 Å². The molecule has 0 aliphatic carbocycles. The highest BCUT2D eigenvalue weighted by atomic mass is 32.2. The van der Waals surface area contributed by atoms with Crippen LogP contribution in [0, 0.1) is 5.82 Å². The molecule has 0 spiro atoms. The van der Waals surface area contributed by atoms with Crippen molar-refractivity contribution in [2.45, 2.75) is 50.5 Å². The van der Waals surface area contributed by atoms with Crippen LogP contribution in [0.5, 0.6) is 0 Å². The van der Waals surface area contributed by atoms with Gasteiger partial charge < -0.3 is 4.90 Å². The fourth-order valence-corrected chi connectivity index (χ4v) is 5.80. The van der Waals surface area contributed by atoms with Crippen molar-refractivity contribution in [2.24, 2.45) is 0 Å². The van der Waals surface area contributed by atoms with Crippen molar-refractivity contribution in [1.82, 2.24) is 13.7 Å². The van der Waals surface area contributed by atoms with Crippen LogP contribution < -0.4 is 4.90 Å². The maximum absolute atomic E-state index is 13.2. The Morgan fingerprint density at radius 3 is 2.41 bits per heavy atom.